The molecule has 51 heavy (non-hydrogen) atoms. The van der Waals surface area contributed by atoms with E-state index in [0.29, 0.717) is 50.5 Å². The van der Waals surface area contributed by atoms with Gasteiger partial charge in [0.1, 0.15) is 18.2 Å². The number of carboxylic acids is 1. The van der Waals surface area contributed by atoms with E-state index in [1.165, 1.54) is 38.0 Å². The lowest BCUT2D eigenvalue weighted by molar-refractivity contribution is -0.242. The molecule has 0 aromatic carbocycles. The van der Waals surface area contributed by atoms with Gasteiger partial charge in [-0.25, -0.2) is 4.79 Å². The number of ether oxygens (including phenoxy) is 3. The Bertz CT molecular complexity index is 1430. The lowest BCUT2D eigenvalue weighted by atomic mass is 9.41. The third-order valence-electron chi connectivity index (χ3n) is 16.5. The number of hydrogen-bond donors (Lipinski definition) is 2. The highest BCUT2D eigenvalue weighted by molar-refractivity contribution is 5.82. The van der Waals surface area contributed by atoms with E-state index in [9.17, 15) is 24.6 Å². The van der Waals surface area contributed by atoms with Crippen LogP contribution in [0.4, 0.5) is 0 Å². The predicted octanol–water partition coefficient (Wildman–Crippen LogP) is 5.78. The maximum absolute atomic E-state index is 12.9. The molecule has 1 unspecified atom stereocenters. The van der Waals surface area contributed by atoms with Gasteiger partial charge in [-0.15, -0.1) is 0 Å². The highest BCUT2D eigenvalue weighted by Crippen LogP contribution is 2.90. The van der Waals surface area contributed by atoms with Gasteiger partial charge in [0.05, 0.1) is 31.9 Å². The molecule has 8 aliphatic rings. The molecule has 11 atom stereocenters. The van der Waals surface area contributed by atoms with E-state index in [-0.39, 0.29) is 64.2 Å². The van der Waals surface area contributed by atoms with Gasteiger partial charge in [0, 0.05) is 31.2 Å². The van der Waals surface area contributed by atoms with E-state index >= 15 is 0 Å². The Labute approximate surface area is 304 Å². The SMILES string of the molecule is CC(=O)N(C[C]1C[C@@H](C)[C@H]2[C](O1)[C@H](O)[C@@]1(C)[C]3CC[C@H]4C(C)(C)C(O[C@H]5CN(C(=O)CC6CC6)CCO5)CC[C@@]45C[C@@]35CC[C@]21C)[C@H](C)C(=O)O. The molecule has 10 heteroatoms. The van der Waals surface area contributed by atoms with Crippen molar-refractivity contribution in [3.63, 3.8) is 0 Å². The summed E-state index contributed by atoms with van der Waals surface area (Å²) < 4.78 is 19.6. The van der Waals surface area contributed by atoms with Crippen molar-refractivity contribution in [2.75, 3.05) is 26.2 Å². The number of morpholine rings is 1. The number of nitrogens with zero attached hydrogens (tertiary/aromatic N) is 2. The monoisotopic (exact) mass is 709 g/mol. The Balaban J connectivity index is 0.989. The Morgan fingerprint density at radius 2 is 1.82 bits per heavy atom. The number of carbonyl (C=O) groups is 3. The number of aliphatic hydroxyl groups is 1. The van der Waals surface area contributed by atoms with Crippen LogP contribution in [0.3, 0.4) is 0 Å². The number of carbonyl (C=O) groups excluding carboxylic acids is 2. The van der Waals surface area contributed by atoms with E-state index in [1.54, 1.807) is 5.92 Å². The third-order valence-corrected chi connectivity index (χ3v) is 16.5. The molecule has 2 aliphatic heterocycles. The predicted molar refractivity (Wildman–Crippen MR) is 188 cm³/mol. The van der Waals surface area contributed by atoms with E-state index in [2.05, 4.69) is 34.6 Å². The summed E-state index contributed by atoms with van der Waals surface area (Å²) >= 11 is 0. The molecule has 8 rings (SSSR count). The molecule has 0 aromatic rings. The molecule has 0 bridgehead atoms. The Kier molecular flexibility index (Phi) is 8.62. The summed E-state index contributed by atoms with van der Waals surface area (Å²) in [6.45, 7) is 16.5. The molecule has 6 saturated carbocycles. The van der Waals surface area contributed by atoms with E-state index in [4.69, 9.17) is 14.2 Å². The van der Waals surface area contributed by atoms with Gasteiger partial charge in [0.25, 0.3) is 0 Å². The zero-order valence-electron chi connectivity index (χ0n) is 32.0. The molecule has 2 N–H and O–H groups in total. The Morgan fingerprint density at radius 1 is 1.08 bits per heavy atom. The summed E-state index contributed by atoms with van der Waals surface area (Å²) in [5.74, 6) is 1.84. The van der Waals surface area contributed by atoms with Crippen molar-refractivity contribution in [2.45, 2.75) is 144 Å². The van der Waals surface area contributed by atoms with Gasteiger partial charge < -0.3 is 34.2 Å². The van der Waals surface area contributed by atoms with Crippen LogP contribution >= 0.6 is 0 Å². The van der Waals surface area contributed by atoms with E-state index in [1.807, 2.05) is 4.90 Å². The molecule has 2 spiro atoms. The van der Waals surface area contributed by atoms with Crippen LogP contribution in [-0.4, -0.2) is 88.6 Å². The summed E-state index contributed by atoms with van der Waals surface area (Å²) in [6.07, 6.45) is 11.5. The van der Waals surface area contributed by atoms with Crippen molar-refractivity contribution in [1.82, 2.24) is 9.80 Å². The summed E-state index contributed by atoms with van der Waals surface area (Å²) in [4.78, 5) is 40.5. The van der Waals surface area contributed by atoms with Crippen LogP contribution in [0.25, 0.3) is 0 Å². The molecular formula is C41H61N2O8. The fraction of sp³-hybridized carbons (Fsp3) is 0.854. The molecule has 8 fully saturated rings. The van der Waals surface area contributed by atoms with Crippen LogP contribution in [0.2, 0.25) is 0 Å². The number of fused-ring (bicyclic) bond motifs is 4. The first-order chi connectivity index (χ1) is 24.0. The molecule has 283 valence electrons. The largest absolute Gasteiger partial charge is 0.480 e. The van der Waals surface area contributed by atoms with Gasteiger partial charge in [-0.1, -0.05) is 34.6 Å². The van der Waals surface area contributed by atoms with Crippen molar-refractivity contribution in [3.05, 3.63) is 18.1 Å². The topological polar surface area (TPSA) is 126 Å². The van der Waals surface area contributed by atoms with Gasteiger partial charge in [-0.05, 0) is 116 Å². The second-order valence-electron chi connectivity index (χ2n) is 19.1. The van der Waals surface area contributed by atoms with Crippen LogP contribution in [0, 0.1) is 68.9 Å². The van der Waals surface area contributed by atoms with Crippen LogP contribution in [-0.2, 0) is 28.6 Å². The van der Waals surface area contributed by atoms with Gasteiger partial charge in [0.15, 0.2) is 6.29 Å². The maximum atomic E-state index is 12.9. The second-order valence-corrected chi connectivity index (χ2v) is 19.1. The minimum atomic E-state index is -1.05. The minimum Gasteiger partial charge on any atom is -0.480 e. The van der Waals surface area contributed by atoms with Crippen LogP contribution in [0.1, 0.15) is 119 Å². The van der Waals surface area contributed by atoms with Crippen LogP contribution < -0.4 is 0 Å². The Hall–Kier alpha value is -1.75. The maximum Gasteiger partial charge on any atom is 0.326 e. The van der Waals surface area contributed by atoms with Crippen molar-refractivity contribution in [3.8, 4) is 0 Å². The molecule has 2 saturated heterocycles. The Morgan fingerprint density at radius 3 is 2.51 bits per heavy atom. The molecule has 2 heterocycles. The highest BCUT2D eigenvalue weighted by atomic mass is 16.7. The van der Waals surface area contributed by atoms with Crippen molar-refractivity contribution in [1.29, 1.82) is 0 Å². The van der Waals surface area contributed by atoms with E-state index < -0.39 is 23.5 Å². The summed E-state index contributed by atoms with van der Waals surface area (Å²) in [5, 5.41) is 22.2. The van der Waals surface area contributed by atoms with Gasteiger partial charge >= 0.3 is 5.97 Å². The fourth-order valence-corrected chi connectivity index (χ4v) is 13.5. The fourth-order valence-electron chi connectivity index (χ4n) is 13.5. The molecule has 10 nitrogen and oxygen atoms in total. The summed E-state index contributed by atoms with van der Waals surface area (Å²) in [6, 6.07) is -0.963. The zero-order chi connectivity index (χ0) is 36.5. The number of carboxylic acid groups (broad SMARTS) is 1. The van der Waals surface area contributed by atoms with Crippen molar-refractivity contribution in [2.24, 2.45) is 50.7 Å². The molecule has 2 amide bonds. The number of aliphatic hydroxyl groups excluding tert-OH is 1. The smallest absolute Gasteiger partial charge is 0.326 e. The molecule has 3 radical (unpaired) electrons. The first-order valence-electron chi connectivity index (χ1n) is 20.0. The number of rotatable bonds is 8. The molecular weight excluding hydrogens is 648 g/mol. The summed E-state index contributed by atoms with van der Waals surface area (Å²) in [7, 11) is 0. The van der Waals surface area contributed by atoms with Gasteiger partial charge in [0.2, 0.25) is 11.8 Å². The standard InChI is InChI=1S/C41H61N2O8/c1-23-18-27(20-43(25(3)44)24(2)36(47)48)50-34-33(23)38(6)14-15-41-22-40(41)13-12-30(37(4,5)28(40)10-11-29(41)39(38,7)35(34)46)51-32-21-42(16-17-49-32)31(45)19-26-8-9-26/h23-24,26,28,30,32-33,35,46H,8-22H2,1-7H3,(H,47,48)/t23-,24-,28+,30?,32+,33+,35+,38-,39-,40-,41+/m1/s1. The molecule has 0 aromatic heterocycles. The molecule has 6 aliphatic carbocycles. The van der Waals surface area contributed by atoms with Crippen molar-refractivity contribution >= 4 is 17.8 Å². The van der Waals surface area contributed by atoms with Crippen molar-refractivity contribution < 1.29 is 38.8 Å². The number of hydrogen-bond acceptors (Lipinski definition) is 7. The van der Waals surface area contributed by atoms with Crippen LogP contribution in [0.15, 0.2) is 0 Å². The number of amides is 2. The second kappa shape index (κ2) is 12.1. The quantitative estimate of drug-likeness (QED) is 0.325. The zero-order valence-corrected chi connectivity index (χ0v) is 32.0. The lowest BCUT2D eigenvalue weighted by Crippen LogP contribution is -2.59. The lowest BCUT2D eigenvalue weighted by Gasteiger charge is -2.63. The average molecular weight is 710 g/mol. The first kappa shape index (κ1) is 36.2. The normalized spacial score (nSPS) is 45.5. The van der Waals surface area contributed by atoms with E-state index in [0.717, 1.165) is 44.6 Å². The third kappa shape index (κ3) is 5.17. The minimum absolute atomic E-state index is 0.0488. The van der Waals surface area contributed by atoms with Gasteiger partial charge in [-0.2, -0.15) is 0 Å². The highest BCUT2D eigenvalue weighted by Gasteiger charge is 2.85. The van der Waals surface area contributed by atoms with Gasteiger partial charge in [-0.3, -0.25) is 9.59 Å². The number of aliphatic carboxylic acids is 1. The van der Waals surface area contributed by atoms with Crippen LogP contribution in [0.5, 0.6) is 0 Å². The summed E-state index contributed by atoms with van der Waals surface area (Å²) in [5.41, 5.74) is -0.304. The first-order valence-corrected chi connectivity index (χ1v) is 20.0. The average Bonchev–Trinajstić information content (AvgIpc) is 4.00.